The molecule has 6 heteroatoms. The number of carboxylic acid groups (broad SMARTS) is 1. The molecule has 0 unspecified atom stereocenters. The fourth-order valence-corrected chi connectivity index (χ4v) is 0.840. The molecule has 0 aliphatic heterocycles. The maximum Gasteiger partial charge on any atom is 0.332 e. The van der Waals surface area contributed by atoms with Gasteiger partial charge in [0, 0.05) is 6.20 Å². The van der Waals surface area contributed by atoms with Crippen molar-refractivity contribution >= 4 is 11.9 Å². The Morgan fingerprint density at radius 3 is 2.71 bits per heavy atom. The molecule has 3 N–H and O–H groups in total. The minimum Gasteiger partial charge on any atom is -0.478 e. The molecule has 0 atom stereocenters. The zero-order valence-corrected chi connectivity index (χ0v) is 7.30. The number of nitrogens with two attached hydrogens (primary N) is 1. The van der Waals surface area contributed by atoms with E-state index in [-0.39, 0.29) is 17.7 Å². The van der Waals surface area contributed by atoms with Crippen LogP contribution >= 0.6 is 0 Å². The Bertz CT molecular complexity index is 394. The first-order valence-electron chi connectivity index (χ1n) is 3.74. The summed E-state index contributed by atoms with van der Waals surface area (Å²) in [5, 5.41) is 12.3. The topological polar surface area (TPSA) is 98.2 Å². The highest BCUT2D eigenvalue weighted by atomic mass is 16.4. The van der Waals surface area contributed by atoms with Crippen molar-refractivity contribution in [3.63, 3.8) is 0 Å². The van der Waals surface area contributed by atoms with Crippen LogP contribution in [0.4, 0.5) is 0 Å². The summed E-state index contributed by atoms with van der Waals surface area (Å²) in [7, 11) is 0. The van der Waals surface area contributed by atoms with Crippen molar-refractivity contribution in [2.75, 3.05) is 0 Å². The summed E-state index contributed by atoms with van der Waals surface area (Å²) in [4.78, 5) is 21.1. The Morgan fingerprint density at radius 1 is 1.64 bits per heavy atom. The molecule has 1 rings (SSSR count). The van der Waals surface area contributed by atoms with E-state index in [0.29, 0.717) is 0 Å². The second kappa shape index (κ2) is 3.73. The number of hydrogen-bond donors (Lipinski definition) is 2. The van der Waals surface area contributed by atoms with E-state index in [4.69, 9.17) is 10.8 Å². The zero-order chi connectivity index (χ0) is 10.7. The van der Waals surface area contributed by atoms with Crippen LogP contribution in [0.25, 0.3) is 0 Å². The molecule has 14 heavy (non-hydrogen) atoms. The number of carboxylic acids is 1. The molecule has 6 nitrogen and oxygen atoms in total. The Balaban J connectivity index is 2.74. The van der Waals surface area contributed by atoms with E-state index >= 15 is 0 Å². The van der Waals surface area contributed by atoms with Gasteiger partial charge in [-0.2, -0.15) is 5.10 Å². The Labute approximate surface area is 79.6 Å². The van der Waals surface area contributed by atoms with Gasteiger partial charge in [0.25, 0.3) is 5.91 Å². The SMILES string of the molecule is C=C(Cn1cc(C(N)=O)cn1)C(=O)O. The molecule has 0 saturated heterocycles. The van der Waals surface area contributed by atoms with E-state index in [2.05, 4.69) is 11.7 Å². The van der Waals surface area contributed by atoms with Crippen LogP contribution in [0.2, 0.25) is 0 Å². The van der Waals surface area contributed by atoms with Crippen molar-refractivity contribution in [2.24, 2.45) is 5.73 Å². The third kappa shape index (κ3) is 2.19. The molecule has 0 aliphatic rings. The molecule has 1 aromatic heterocycles. The molecular formula is C8H9N3O3. The molecule has 1 amide bonds. The molecule has 0 bridgehead atoms. The highest BCUT2D eigenvalue weighted by molar-refractivity contribution is 5.92. The van der Waals surface area contributed by atoms with E-state index < -0.39 is 11.9 Å². The summed E-state index contributed by atoms with van der Waals surface area (Å²) in [6.45, 7) is 3.36. The molecule has 1 aromatic rings. The van der Waals surface area contributed by atoms with Crippen LogP contribution in [0.5, 0.6) is 0 Å². The molecule has 0 spiro atoms. The first kappa shape index (κ1) is 9.97. The predicted molar refractivity (Wildman–Crippen MR) is 47.5 cm³/mol. The van der Waals surface area contributed by atoms with Crippen LogP contribution in [0.15, 0.2) is 24.5 Å². The molecule has 0 fully saturated rings. The van der Waals surface area contributed by atoms with Gasteiger partial charge in [0.15, 0.2) is 0 Å². The van der Waals surface area contributed by atoms with Crippen molar-refractivity contribution < 1.29 is 14.7 Å². The van der Waals surface area contributed by atoms with Crippen molar-refractivity contribution in [3.8, 4) is 0 Å². The standard InChI is InChI=1S/C8H9N3O3/c1-5(8(13)14)3-11-4-6(2-10-11)7(9)12/h2,4H,1,3H2,(H2,9,12)(H,13,14). The van der Waals surface area contributed by atoms with Crippen molar-refractivity contribution in [2.45, 2.75) is 6.54 Å². The van der Waals surface area contributed by atoms with E-state index in [1.165, 1.54) is 17.1 Å². The molecule has 1 heterocycles. The molecular weight excluding hydrogens is 186 g/mol. The number of nitrogens with zero attached hydrogens (tertiary/aromatic N) is 2. The number of carbonyl (C=O) groups is 2. The van der Waals surface area contributed by atoms with Gasteiger partial charge in [-0.05, 0) is 0 Å². The van der Waals surface area contributed by atoms with Crippen LogP contribution in [0, 0.1) is 0 Å². The van der Waals surface area contributed by atoms with E-state index in [1.54, 1.807) is 0 Å². The summed E-state index contributed by atoms with van der Waals surface area (Å²) in [6, 6.07) is 0. The Hall–Kier alpha value is -2.11. The summed E-state index contributed by atoms with van der Waals surface area (Å²) in [6.07, 6.45) is 2.65. The van der Waals surface area contributed by atoms with Gasteiger partial charge in [0.1, 0.15) is 0 Å². The third-order valence-electron chi connectivity index (χ3n) is 1.57. The van der Waals surface area contributed by atoms with Crippen molar-refractivity contribution in [1.82, 2.24) is 9.78 Å². The summed E-state index contributed by atoms with van der Waals surface area (Å²) in [5.74, 6) is -1.70. The maximum absolute atomic E-state index is 10.7. The first-order chi connectivity index (χ1) is 6.50. The number of amides is 1. The predicted octanol–water partition coefficient (Wildman–Crippen LogP) is -0.377. The molecule has 0 saturated carbocycles. The van der Waals surface area contributed by atoms with Gasteiger partial charge in [-0.1, -0.05) is 6.58 Å². The lowest BCUT2D eigenvalue weighted by atomic mass is 10.3. The lowest BCUT2D eigenvalue weighted by molar-refractivity contribution is -0.132. The van der Waals surface area contributed by atoms with Gasteiger partial charge in [-0.3, -0.25) is 9.48 Å². The maximum atomic E-state index is 10.7. The monoisotopic (exact) mass is 195 g/mol. The molecule has 0 aliphatic carbocycles. The Morgan fingerprint density at radius 2 is 2.29 bits per heavy atom. The number of rotatable bonds is 4. The van der Waals surface area contributed by atoms with E-state index in [0.717, 1.165) is 0 Å². The quantitative estimate of drug-likeness (QED) is 0.640. The summed E-state index contributed by atoms with van der Waals surface area (Å²) >= 11 is 0. The second-order valence-corrected chi connectivity index (χ2v) is 2.70. The number of primary amides is 1. The average molecular weight is 195 g/mol. The van der Waals surface area contributed by atoms with Crippen LogP contribution in [0.1, 0.15) is 10.4 Å². The van der Waals surface area contributed by atoms with Crippen LogP contribution in [-0.4, -0.2) is 26.8 Å². The van der Waals surface area contributed by atoms with Crippen molar-refractivity contribution in [1.29, 1.82) is 0 Å². The van der Waals surface area contributed by atoms with Gasteiger partial charge >= 0.3 is 5.97 Å². The number of aliphatic carboxylic acids is 1. The number of aromatic nitrogens is 2. The lowest BCUT2D eigenvalue weighted by Gasteiger charge is -1.99. The van der Waals surface area contributed by atoms with Gasteiger partial charge < -0.3 is 10.8 Å². The third-order valence-corrected chi connectivity index (χ3v) is 1.57. The lowest BCUT2D eigenvalue weighted by Crippen LogP contribution is -2.10. The molecule has 0 aromatic carbocycles. The normalized spacial score (nSPS) is 9.71. The van der Waals surface area contributed by atoms with Gasteiger partial charge in [-0.15, -0.1) is 0 Å². The summed E-state index contributed by atoms with van der Waals surface area (Å²) in [5.41, 5.74) is 5.22. The van der Waals surface area contributed by atoms with Crippen LogP contribution < -0.4 is 5.73 Å². The zero-order valence-electron chi connectivity index (χ0n) is 7.30. The molecule has 0 radical (unpaired) electrons. The fraction of sp³-hybridized carbons (Fsp3) is 0.125. The van der Waals surface area contributed by atoms with E-state index in [9.17, 15) is 9.59 Å². The highest BCUT2D eigenvalue weighted by Gasteiger charge is 2.08. The van der Waals surface area contributed by atoms with Gasteiger partial charge in [0.2, 0.25) is 0 Å². The average Bonchev–Trinajstić information content (AvgIpc) is 2.52. The second-order valence-electron chi connectivity index (χ2n) is 2.70. The van der Waals surface area contributed by atoms with Crippen LogP contribution in [-0.2, 0) is 11.3 Å². The van der Waals surface area contributed by atoms with Crippen molar-refractivity contribution in [3.05, 3.63) is 30.1 Å². The number of hydrogen-bond acceptors (Lipinski definition) is 3. The summed E-state index contributed by atoms with van der Waals surface area (Å²) < 4.78 is 1.29. The first-order valence-corrected chi connectivity index (χ1v) is 3.74. The largest absolute Gasteiger partial charge is 0.478 e. The smallest absolute Gasteiger partial charge is 0.332 e. The number of carbonyl (C=O) groups excluding carboxylic acids is 1. The van der Waals surface area contributed by atoms with E-state index in [1.807, 2.05) is 0 Å². The minimum atomic E-state index is -1.10. The molecule has 74 valence electrons. The van der Waals surface area contributed by atoms with Gasteiger partial charge in [-0.25, -0.2) is 4.79 Å². The fourth-order valence-electron chi connectivity index (χ4n) is 0.840. The van der Waals surface area contributed by atoms with Gasteiger partial charge in [0.05, 0.1) is 23.9 Å². The minimum absolute atomic E-state index is 0.0101. The Kier molecular flexibility index (Phi) is 2.66. The highest BCUT2D eigenvalue weighted by Crippen LogP contribution is 2.00. The van der Waals surface area contributed by atoms with Crippen LogP contribution in [0.3, 0.4) is 0 Å².